The summed E-state index contributed by atoms with van der Waals surface area (Å²) in [5.41, 5.74) is 0.215. The number of hydrogen-bond acceptors (Lipinski definition) is 4. The fraction of sp³-hybridized carbons (Fsp3) is 0.333. The normalized spacial score (nSPS) is 16.3. The van der Waals surface area contributed by atoms with Gasteiger partial charge in [0.05, 0.1) is 10.9 Å². The number of nitrogens with one attached hydrogen (secondary N) is 1. The van der Waals surface area contributed by atoms with Gasteiger partial charge in [-0.05, 0) is 30.5 Å². The predicted octanol–water partition coefficient (Wildman–Crippen LogP) is 2.81. The number of nitrogens with zero attached hydrogens (tertiary/aromatic N) is 2. The molecule has 3 rings (SSSR count). The zero-order valence-electron chi connectivity index (χ0n) is 14.2. The largest absolute Gasteiger partial charge is 0.335 e. The molecular formula is C18H19F2N3O2S. The number of carbonyl (C=O) groups excluding carboxylic acids is 2. The highest BCUT2D eigenvalue weighted by Crippen LogP contribution is 2.17. The van der Waals surface area contributed by atoms with Crippen LogP contribution in [0.4, 0.5) is 14.5 Å². The Labute approximate surface area is 154 Å². The van der Waals surface area contributed by atoms with Gasteiger partial charge in [0.2, 0.25) is 5.91 Å². The van der Waals surface area contributed by atoms with Crippen LogP contribution in [0, 0.1) is 11.6 Å². The summed E-state index contributed by atoms with van der Waals surface area (Å²) >= 11 is 1.41. The molecular weight excluding hydrogens is 360 g/mol. The van der Waals surface area contributed by atoms with Crippen molar-refractivity contribution >= 4 is 28.8 Å². The number of piperazine rings is 1. The smallest absolute Gasteiger partial charge is 0.264 e. The van der Waals surface area contributed by atoms with Crippen LogP contribution in [0.2, 0.25) is 0 Å². The summed E-state index contributed by atoms with van der Waals surface area (Å²) in [6.07, 6.45) is 0. The molecule has 1 aromatic heterocycles. The Morgan fingerprint density at radius 3 is 2.46 bits per heavy atom. The van der Waals surface area contributed by atoms with E-state index < -0.39 is 17.7 Å². The van der Waals surface area contributed by atoms with Crippen molar-refractivity contribution in [1.29, 1.82) is 0 Å². The first kappa shape index (κ1) is 18.5. The lowest BCUT2D eigenvalue weighted by molar-refractivity contribution is -0.121. The fourth-order valence-corrected chi connectivity index (χ4v) is 3.55. The van der Waals surface area contributed by atoms with Gasteiger partial charge in [-0.3, -0.25) is 14.5 Å². The van der Waals surface area contributed by atoms with Gasteiger partial charge in [-0.25, -0.2) is 8.78 Å². The molecule has 1 aromatic carbocycles. The molecule has 0 aliphatic carbocycles. The topological polar surface area (TPSA) is 52.7 Å². The second kappa shape index (κ2) is 7.92. The Morgan fingerprint density at radius 1 is 1.12 bits per heavy atom. The first-order valence-corrected chi connectivity index (χ1v) is 9.16. The summed E-state index contributed by atoms with van der Waals surface area (Å²) in [5, 5.41) is 4.47. The Bertz CT molecular complexity index is 790. The van der Waals surface area contributed by atoms with Crippen molar-refractivity contribution in [3.05, 3.63) is 52.2 Å². The van der Waals surface area contributed by atoms with Gasteiger partial charge in [0, 0.05) is 37.9 Å². The minimum atomic E-state index is -1.00. The van der Waals surface area contributed by atoms with Crippen LogP contribution in [0.15, 0.2) is 35.7 Å². The van der Waals surface area contributed by atoms with Gasteiger partial charge in [-0.15, -0.1) is 11.3 Å². The van der Waals surface area contributed by atoms with Crippen molar-refractivity contribution in [2.75, 3.05) is 31.5 Å². The number of carbonyl (C=O) groups is 2. The van der Waals surface area contributed by atoms with E-state index in [4.69, 9.17) is 0 Å². The van der Waals surface area contributed by atoms with Crippen LogP contribution >= 0.6 is 11.3 Å². The van der Waals surface area contributed by atoms with E-state index in [2.05, 4.69) is 5.32 Å². The average molecular weight is 379 g/mol. The predicted molar refractivity (Wildman–Crippen MR) is 96.2 cm³/mol. The van der Waals surface area contributed by atoms with E-state index in [9.17, 15) is 18.4 Å². The van der Waals surface area contributed by atoms with Crippen molar-refractivity contribution in [2.45, 2.75) is 13.0 Å². The molecule has 1 saturated heterocycles. The van der Waals surface area contributed by atoms with Crippen LogP contribution in [0.5, 0.6) is 0 Å². The van der Waals surface area contributed by atoms with E-state index in [1.165, 1.54) is 17.4 Å². The van der Waals surface area contributed by atoms with E-state index >= 15 is 0 Å². The van der Waals surface area contributed by atoms with Crippen LogP contribution in [-0.2, 0) is 4.79 Å². The van der Waals surface area contributed by atoms with Crippen LogP contribution in [0.1, 0.15) is 16.6 Å². The van der Waals surface area contributed by atoms with Crippen molar-refractivity contribution < 1.29 is 18.4 Å². The van der Waals surface area contributed by atoms with Crippen molar-refractivity contribution in [3.8, 4) is 0 Å². The van der Waals surface area contributed by atoms with E-state index in [-0.39, 0.29) is 17.5 Å². The Hall–Kier alpha value is -2.32. The molecule has 2 aromatic rings. The fourth-order valence-electron chi connectivity index (χ4n) is 2.85. The molecule has 1 N–H and O–H groups in total. The summed E-state index contributed by atoms with van der Waals surface area (Å²) in [6.45, 7) is 3.98. The molecule has 138 valence electrons. The molecule has 0 spiro atoms. The standard InChI is InChI=1S/C18H19F2N3O2S/c1-12(17(24)21-13-4-5-14(19)15(20)11-13)22-6-8-23(9-7-22)18(25)16-3-2-10-26-16/h2-5,10-12H,6-9H2,1H3,(H,21,24)/t12-/m0/s1. The van der Waals surface area contributed by atoms with Gasteiger partial charge in [-0.2, -0.15) is 0 Å². The second-order valence-corrected chi connectivity index (χ2v) is 7.05. The number of halogens is 2. The van der Waals surface area contributed by atoms with Crippen LogP contribution < -0.4 is 5.32 Å². The van der Waals surface area contributed by atoms with Gasteiger partial charge in [0.15, 0.2) is 11.6 Å². The minimum Gasteiger partial charge on any atom is -0.335 e. The molecule has 2 amide bonds. The van der Waals surface area contributed by atoms with Crippen molar-refractivity contribution in [3.63, 3.8) is 0 Å². The first-order chi connectivity index (χ1) is 12.5. The van der Waals surface area contributed by atoms with Crippen LogP contribution in [0.3, 0.4) is 0 Å². The summed E-state index contributed by atoms with van der Waals surface area (Å²) in [4.78, 5) is 29.2. The maximum absolute atomic E-state index is 13.2. The third kappa shape index (κ3) is 4.08. The second-order valence-electron chi connectivity index (χ2n) is 6.10. The van der Waals surface area contributed by atoms with Gasteiger partial charge in [0.1, 0.15) is 0 Å². The summed E-state index contributed by atoms with van der Waals surface area (Å²) < 4.78 is 26.2. The molecule has 1 aliphatic rings. The van der Waals surface area contributed by atoms with E-state index in [0.717, 1.165) is 12.1 Å². The molecule has 0 radical (unpaired) electrons. The van der Waals surface area contributed by atoms with Crippen LogP contribution in [-0.4, -0.2) is 53.8 Å². The Kier molecular flexibility index (Phi) is 5.63. The molecule has 2 heterocycles. The van der Waals surface area contributed by atoms with Crippen molar-refractivity contribution in [2.24, 2.45) is 0 Å². The summed E-state index contributed by atoms with van der Waals surface area (Å²) in [5.74, 6) is -2.24. The molecule has 1 atom stereocenters. The molecule has 0 saturated carbocycles. The van der Waals surface area contributed by atoms with Gasteiger partial charge in [-0.1, -0.05) is 6.07 Å². The van der Waals surface area contributed by atoms with E-state index in [1.807, 2.05) is 16.3 Å². The lowest BCUT2D eigenvalue weighted by Crippen LogP contribution is -2.53. The number of anilines is 1. The quantitative estimate of drug-likeness (QED) is 0.889. The number of thiophene rings is 1. The molecule has 5 nitrogen and oxygen atoms in total. The molecule has 26 heavy (non-hydrogen) atoms. The van der Waals surface area contributed by atoms with Crippen molar-refractivity contribution in [1.82, 2.24) is 9.80 Å². The molecule has 1 fully saturated rings. The highest BCUT2D eigenvalue weighted by Gasteiger charge is 2.28. The zero-order chi connectivity index (χ0) is 18.7. The molecule has 0 unspecified atom stereocenters. The zero-order valence-corrected chi connectivity index (χ0v) is 15.1. The lowest BCUT2D eigenvalue weighted by atomic mass is 10.2. The van der Waals surface area contributed by atoms with Crippen LogP contribution in [0.25, 0.3) is 0 Å². The summed E-state index contributed by atoms with van der Waals surface area (Å²) in [7, 11) is 0. The third-order valence-electron chi connectivity index (χ3n) is 4.45. The van der Waals surface area contributed by atoms with Gasteiger partial charge < -0.3 is 10.2 Å². The SMILES string of the molecule is C[C@@H](C(=O)Nc1ccc(F)c(F)c1)N1CCN(C(=O)c2cccs2)CC1. The number of benzene rings is 1. The first-order valence-electron chi connectivity index (χ1n) is 8.28. The minimum absolute atomic E-state index is 0.0125. The maximum atomic E-state index is 13.2. The Balaban J connectivity index is 1.54. The number of rotatable bonds is 4. The molecule has 1 aliphatic heterocycles. The lowest BCUT2D eigenvalue weighted by Gasteiger charge is -2.37. The highest BCUT2D eigenvalue weighted by atomic mass is 32.1. The van der Waals surface area contributed by atoms with E-state index in [1.54, 1.807) is 17.9 Å². The molecule has 0 bridgehead atoms. The van der Waals surface area contributed by atoms with Gasteiger partial charge in [0.25, 0.3) is 5.91 Å². The number of hydrogen-bond donors (Lipinski definition) is 1. The third-order valence-corrected chi connectivity index (χ3v) is 5.31. The average Bonchev–Trinajstić information content (AvgIpc) is 3.18. The maximum Gasteiger partial charge on any atom is 0.264 e. The van der Waals surface area contributed by atoms with Gasteiger partial charge >= 0.3 is 0 Å². The summed E-state index contributed by atoms with van der Waals surface area (Å²) in [6, 6.07) is 6.46. The Morgan fingerprint density at radius 2 is 1.85 bits per heavy atom. The highest BCUT2D eigenvalue weighted by molar-refractivity contribution is 7.12. The number of amides is 2. The van der Waals surface area contributed by atoms with E-state index in [0.29, 0.717) is 31.1 Å². The monoisotopic (exact) mass is 379 g/mol. The molecule has 8 heteroatoms.